The molecule has 0 aliphatic carbocycles. The molecule has 20 nitrogen and oxygen atoms in total. The highest BCUT2D eigenvalue weighted by molar-refractivity contribution is 7.96. The van der Waals surface area contributed by atoms with Gasteiger partial charge in [-0.2, -0.15) is 0 Å². The van der Waals surface area contributed by atoms with Crippen molar-refractivity contribution in [3.63, 3.8) is 0 Å². The predicted octanol–water partition coefficient (Wildman–Crippen LogP) is 12.8. The first-order valence-corrected chi connectivity index (χ1v) is 20.5. The maximum Gasteiger partial charge on any atom is 0.407 e. The summed E-state index contributed by atoms with van der Waals surface area (Å²) in [6, 6.07) is -0.309. The lowest BCUT2D eigenvalue weighted by Crippen LogP contribution is -2.46. The number of ketones is 1. The number of nitrogens with two attached hydrogens (primary N) is 1. The summed E-state index contributed by atoms with van der Waals surface area (Å²) in [5.41, 5.74) is 6.75. The molecule has 5 amide bonds. The zero-order valence-corrected chi connectivity index (χ0v) is 44.3. The monoisotopic (exact) mass is 1120 g/mol. The molecule has 452 valence electrons. The first-order valence-electron chi connectivity index (χ1n) is 19.3. The molecule has 0 saturated heterocycles. The molecule has 11 N–H and O–H groups in total. The standard InChI is InChI=1S/C10H20N2O4.C8H16N2O4.C4H8.C3H7NO.C3H7NS.C3H7N.C3H6O.C3H6S.C2H4O2.C2H4OS.9CH4/c1-6(7(2)11-9(13)15-4)8(3)12-10(14)16-5;1-6(10-8(13)14)4-2-3-5-9-7(11)12;1-4(2)3;2*1-3(5)4-2;3*1-3(2)4;2*1-2(3)4;;;;;;;;;/h6-8H,1-5H3,(H,11,13)(H,12,14);6,9-10H,2-5H2,1H3,(H,11,12)(H,13,14);1H2,2-3H3;2*1-2H3,(H,4,5);1,4H2,2H3;2*1-2H3;2*1H3,(H,3,4);9*1H4. The Kier molecular flexibility index (Phi) is 168. The van der Waals surface area contributed by atoms with Gasteiger partial charge in [0.1, 0.15) is 5.78 Å². The fourth-order valence-electron chi connectivity index (χ4n) is 2.24. The molecule has 0 aromatic carbocycles. The molecule has 0 aliphatic heterocycles. The molecule has 73 heavy (non-hydrogen) atoms. The van der Waals surface area contributed by atoms with Crippen LogP contribution in [0.1, 0.15) is 190 Å². The van der Waals surface area contributed by atoms with Gasteiger partial charge in [-0.3, -0.25) is 14.4 Å². The number of hydrogen-bond acceptors (Lipinski definition) is 13. The van der Waals surface area contributed by atoms with Crippen molar-refractivity contribution in [2.24, 2.45) is 11.7 Å². The third kappa shape index (κ3) is 295. The van der Waals surface area contributed by atoms with Gasteiger partial charge in [-0.05, 0) is 112 Å². The summed E-state index contributed by atoms with van der Waals surface area (Å²) < 4.78 is 8.98. The summed E-state index contributed by atoms with van der Waals surface area (Å²) in [7, 11) is 6.02. The van der Waals surface area contributed by atoms with Gasteiger partial charge >= 0.3 is 24.4 Å². The van der Waals surface area contributed by atoms with Crippen LogP contribution < -0.4 is 37.6 Å². The summed E-state index contributed by atoms with van der Waals surface area (Å²) in [5, 5.41) is 38.9. The van der Waals surface area contributed by atoms with Crippen LogP contribution in [-0.4, -0.2) is 125 Å². The highest BCUT2D eigenvalue weighted by atomic mass is 32.1. The number of amides is 5. The topological polar surface area (TPSA) is 314 Å². The second kappa shape index (κ2) is 96.5. The second-order valence-electron chi connectivity index (χ2n) is 13.3. The van der Waals surface area contributed by atoms with Crippen LogP contribution in [0.3, 0.4) is 0 Å². The molecule has 0 aromatic rings. The van der Waals surface area contributed by atoms with Gasteiger partial charge in [-0.25, -0.2) is 19.2 Å². The van der Waals surface area contributed by atoms with Gasteiger partial charge in [-0.1, -0.05) is 110 Å². The number of carboxylic acid groups (broad SMARTS) is 3. The van der Waals surface area contributed by atoms with Crippen molar-refractivity contribution < 1.29 is 63.1 Å². The van der Waals surface area contributed by atoms with E-state index in [0.717, 1.165) is 29.6 Å². The third-order valence-electron chi connectivity index (χ3n) is 5.05. The van der Waals surface area contributed by atoms with Crippen LogP contribution in [0.2, 0.25) is 0 Å². The lowest BCUT2D eigenvalue weighted by atomic mass is 9.96. The van der Waals surface area contributed by atoms with E-state index in [2.05, 4.69) is 91.6 Å². The lowest BCUT2D eigenvalue weighted by Gasteiger charge is -2.26. The fraction of sp³-hybridized carbons (Fsp3) is 0.720. The number of hydrogen-bond donors (Lipinski definition) is 11. The van der Waals surface area contributed by atoms with E-state index in [1.54, 1.807) is 20.9 Å². The molecular weight excluding hydrogens is 1000 g/mol. The normalized spacial score (nSPS) is 8.71. The number of unbranched alkanes of at least 4 members (excludes halogenated alkanes) is 1. The van der Waals surface area contributed by atoms with E-state index in [1.807, 2.05) is 62.4 Å². The minimum Gasteiger partial charge on any atom is -0.481 e. The van der Waals surface area contributed by atoms with E-state index in [-0.39, 0.29) is 108 Å². The Balaban J connectivity index is -0.0000000274. The molecular formula is C50H121N7O13S3. The van der Waals surface area contributed by atoms with Gasteiger partial charge in [0.2, 0.25) is 5.91 Å². The van der Waals surface area contributed by atoms with E-state index in [0.29, 0.717) is 18.7 Å². The van der Waals surface area contributed by atoms with Crippen molar-refractivity contribution in [3.05, 3.63) is 24.4 Å². The van der Waals surface area contributed by atoms with Crippen LogP contribution in [0.15, 0.2) is 24.4 Å². The molecule has 0 spiro atoms. The van der Waals surface area contributed by atoms with Crippen LogP contribution >= 0.6 is 37.1 Å². The van der Waals surface area contributed by atoms with Gasteiger partial charge in [0.15, 0.2) is 5.12 Å². The molecule has 0 heterocycles. The van der Waals surface area contributed by atoms with E-state index in [4.69, 9.17) is 25.8 Å². The number of rotatable bonds is 10. The summed E-state index contributed by atoms with van der Waals surface area (Å²) in [4.78, 5) is 81.5. The Hall–Kier alpha value is -5.03. The minimum absolute atomic E-state index is 0. The number of allylic oxidation sites excluding steroid dienone is 2. The maximum atomic E-state index is 11.0. The predicted molar refractivity (Wildman–Crippen MR) is 330 cm³/mol. The minimum atomic E-state index is -1.03. The molecule has 0 aromatic heterocycles. The van der Waals surface area contributed by atoms with Gasteiger partial charge in [0.05, 0.1) is 19.2 Å². The largest absolute Gasteiger partial charge is 0.481 e. The van der Waals surface area contributed by atoms with Crippen LogP contribution in [0, 0.1) is 5.92 Å². The van der Waals surface area contributed by atoms with Crippen molar-refractivity contribution in [2.75, 3.05) is 34.9 Å². The van der Waals surface area contributed by atoms with Crippen molar-refractivity contribution in [2.45, 2.75) is 208 Å². The number of methoxy groups -OCH3 is 2. The summed E-state index contributed by atoms with van der Waals surface area (Å²) in [6.45, 7) is 33.0. The number of ether oxygens (including phenoxy) is 2. The molecule has 0 bridgehead atoms. The Labute approximate surface area is 466 Å². The number of carboxylic acids is 1. The van der Waals surface area contributed by atoms with E-state index in [9.17, 15) is 33.6 Å². The first-order chi connectivity index (χ1) is 28.9. The van der Waals surface area contributed by atoms with Gasteiger partial charge in [0.25, 0.3) is 5.97 Å². The third-order valence-corrected chi connectivity index (χ3v) is 5.26. The molecule has 0 saturated carbocycles. The molecule has 0 rings (SSSR count). The molecule has 23 heteroatoms. The maximum absolute atomic E-state index is 11.0. The van der Waals surface area contributed by atoms with Crippen molar-refractivity contribution in [3.8, 4) is 0 Å². The van der Waals surface area contributed by atoms with Gasteiger partial charge in [0, 0.05) is 59.5 Å². The average molecular weight is 1120 g/mol. The zero-order valence-electron chi connectivity index (χ0n) is 41.8. The SMILES string of the molecule is C.C.C.C.C.C.C.C.C.C=C(C)C.C=C(C)N.CC(=O)O.CC(=O)S.CC(C)=O.CC(C)=S.CC(CCCCNC(=O)O)NC(=O)O.CNC(C)=O.CNC(C)=S.COC(=O)NC(C)C(C)C(C)NC(=O)OC. The lowest BCUT2D eigenvalue weighted by molar-refractivity contribution is -0.134. The van der Waals surface area contributed by atoms with E-state index >= 15 is 0 Å². The first kappa shape index (κ1) is 127. The van der Waals surface area contributed by atoms with Crippen molar-refractivity contribution in [1.82, 2.24) is 31.9 Å². The Morgan fingerprint density at radius 1 is 0.589 bits per heavy atom. The molecule has 0 fully saturated rings. The van der Waals surface area contributed by atoms with Crippen LogP contribution in [0.25, 0.3) is 0 Å². The molecule has 0 aliphatic rings. The fourth-order valence-corrected chi connectivity index (χ4v) is 2.24. The van der Waals surface area contributed by atoms with Gasteiger partial charge in [-0.15, -0.1) is 19.2 Å². The smallest absolute Gasteiger partial charge is 0.407 e. The van der Waals surface area contributed by atoms with Crippen LogP contribution in [-0.2, 0) is 28.7 Å². The average Bonchev–Trinajstić information content (AvgIpc) is 3.09. The van der Waals surface area contributed by atoms with Crippen LogP contribution in [0.4, 0.5) is 19.2 Å². The number of thiocarbonyl (C=S) groups is 2. The van der Waals surface area contributed by atoms with Crippen LogP contribution in [0.5, 0.6) is 0 Å². The highest BCUT2D eigenvalue weighted by Gasteiger charge is 2.22. The number of nitrogens with one attached hydrogen (secondary N) is 6. The zero-order chi connectivity index (χ0) is 53.7. The molecule has 3 unspecified atom stereocenters. The Morgan fingerprint density at radius 2 is 0.808 bits per heavy atom. The number of carbonyl (C=O) groups is 8. The number of thiol groups is 1. The summed E-state index contributed by atoms with van der Waals surface area (Å²) in [5.74, 6) is -0.608. The summed E-state index contributed by atoms with van der Waals surface area (Å²) >= 11 is 12.4. The molecule has 3 atom stereocenters. The second-order valence-corrected chi connectivity index (χ2v) is 15.4. The van der Waals surface area contributed by atoms with E-state index in [1.165, 1.54) is 47.5 Å². The number of Topliss-reactive ketones (excluding diaryl/α,β-unsaturated/α-hetero) is 1. The number of alkyl carbamates (subject to hydrolysis) is 2. The van der Waals surface area contributed by atoms with Crippen molar-refractivity contribution in [1.29, 1.82) is 0 Å². The number of carbonyl (C=O) groups excluding carboxylic acids is 5. The summed E-state index contributed by atoms with van der Waals surface area (Å²) in [6.07, 6.45) is -0.787. The highest BCUT2D eigenvalue weighted by Crippen LogP contribution is 2.08. The van der Waals surface area contributed by atoms with Gasteiger partial charge < -0.3 is 67.2 Å². The molecule has 0 radical (unpaired) electrons. The van der Waals surface area contributed by atoms with E-state index < -0.39 is 30.3 Å². The number of aliphatic carboxylic acids is 1. The van der Waals surface area contributed by atoms with Crippen molar-refractivity contribution >= 4 is 94.1 Å². The Morgan fingerprint density at radius 3 is 0.959 bits per heavy atom. The Bertz CT molecular complexity index is 1160. The quantitative estimate of drug-likeness (QED) is 0.0419.